The van der Waals surface area contributed by atoms with E-state index < -0.39 is 32.9 Å². The van der Waals surface area contributed by atoms with Crippen LogP contribution in [-0.4, -0.2) is 73.9 Å². The number of halogens is 2. The fraction of sp³-hybridized carbons (Fsp3) is 0.810. The molecule has 0 radical (unpaired) electrons. The largest absolute Gasteiger partial charge is 0.381 e. The van der Waals surface area contributed by atoms with E-state index in [4.69, 9.17) is 46.9 Å². The molecule has 0 heterocycles. The predicted molar refractivity (Wildman–Crippen MR) is 221 cm³/mol. The Balaban J connectivity index is 2.61. The maximum absolute atomic E-state index is 12.3. The van der Waals surface area contributed by atoms with Gasteiger partial charge in [0.2, 0.25) is 0 Å². The smallest absolute Gasteiger partial charge is 0.283 e. The molecule has 0 saturated heterocycles. The van der Waals surface area contributed by atoms with Crippen molar-refractivity contribution in [3.8, 4) is 0 Å². The molecule has 11 nitrogen and oxygen atoms in total. The molecule has 0 aromatic heterocycles. The lowest BCUT2D eigenvalue weighted by molar-refractivity contribution is -0.421. The van der Waals surface area contributed by atoms with Gasteiger partial charge in [-0.3, -0.25) is 20.2 Å². The highest BCUT2D eigenvalue weighted by atomic mass is 35.5. The van der Waals surface area contributed by atoms with Gasteiger partial charge in [-0.1, -0.05) is 128 Å². The summed E-state index contributed by atoms with van der Waals surface area (Å²) < 4.78 is 32.3. The van der Waals surface area contributed by atoms with Crippen LogP contribution in [0.25, 0.3) is 0 Å². The molecule has 2 rings (SSSR count). The molecule has 0 saturated carbocycles. The molecule has 0 aromatic rings. The number of hydrogen-bond donors (Lipinski definition) is 0. The molecular weight excluding hydrogens is 747 g/mol. The molecule has 2 aliphatic carbocycles. The van der Waals surface area contributed by atoms with E-state index in [1.54, 1.807) is 12.2 Å². The third-order valence-electron chi connectivity index (χ3n) is 10.4. The van der Waals surface area contributed by atoms with Crippen molar-refractivity contribution in [3.63, 3.8) is 0 Å². The van der Waals surface area contributed by atoms with Gasteiger partial charge in [0.1, 0.15) is 21.3 Å². The van der Waals surface area contributed by atoms with Crippen LogP contribution >= 0.6 is 23.2 Å². The van der Waals surface area contributed by atoms with Crippen LogP contribution < -0.4 is 0 Å². The molecule has 4 unspecified atom stereocenters. The summed E-state index contributed by atoms with van der Waals surface area (Å²) in [6.07, 6.45) is 23.3. The van der Waals surface area contributed by atoms with Crippen LogP contribution in [0, 0.1) is 32.1 Å². The number of hydrogen-bond acceptors (Lipinski definition) is 9. The van der Waals surface area contributed by atoms with E-state index >= 15 is 0 Å². The van der Waals surface area contributed by atoms with Crippen molar-refractivity contribution in [2.24, 2.45) is 11.8 Å². The third kappa shape index (κ3) is 16.9. The molecule has 4 atom stereocenters. The minimum Gasteiger partial charge on any atom is -0.381 e. The van der Waals surface area contributed by atoms with E-state index in [2.05, 4.69) is 27.7 Å². The molecule has 316 valence electrons. The average molecular weight is 818 g/mol. The van der Waals surface area contributed by atoms with Crippen LogP contribution in [-0.2, 0) is 23.7 Å². The minimum absolute atomic E-state index is 0.0359. The Kier molecular flexibility index (Phi) is 25.6. The number of ether oxygens (including phenoxy) is 5. The summed E-state index contributed by atoms with van der Waals surface area (Å²) in [4.78, 5) is 23.6. The van der Waals surface area contributed by atoms with Crippen LogP contribution in [0.3, 0.4) is 0 Å². The Hall–Kier alpha value is -1.86. The number of nitrogens with zero attached hydrogens (tertiary/aromatic N) is 2. The Bertz CT molecular complexity index is 1150. The summed E-state index contributed by atoms with van der Waals surface area (Å²) >= 11 is 14.0. The first-order valence-electron chi connectivity index (χ1n) is 21.1. The molecule has 13 heteroatoms. The van der Waals surface area contributed by atoms with Crippen molar-refractivity contribution >= 4 is 23.2 Å². The fourth-order valence-corrected chi connectivity index (χ4v) is 8.02. The maximum atomic E-state index is 12.3. The predicted octanol–water partition coefficient (Wildman–Crippen LogP) is 11.5. The summed E-state index contributed by atoms with van der Waals surface area (Å²) in [6, 6.07) is 0. The van der Waals surface area contributed by atoms with Crippen molar-refractivity contribution in [2.75, 3.05) is 52.9 Å². The first kappa shape index (κ1) is 49.3. The van der Waals surface area contributed by atoms with Gasteiger partial charge in [-0.2, -0.15) is 0 Å². The SMILES string of the molecule is CCCCCCOCCC1C(Cl)=C([N+](=O)[O-])C=CC1(COCCCCCC)OC1(COCCCCCC)C=CC([N+](=O)[O-])=C(Cl)C1CCOCCCCCC. The minimum atomic E-state index is -1.33. The highest BCUT2D eigenvalue weighted by Crippen LogP contribution is 2.49. The van der Waals surface area contributed by atoms with Gasteiger partial charge in [0.15, 0.2) is 0 Å². The van der Waals surface area contributed by atoms with Crippen LogP contribution in [0.4, 0.5) is 0 Å². The van der Waals surface area contributed by atoms with E-state index in [1.165, 1.54) is 12.2 Å². The highest BCUT2D eigenvalue weighted by Gasteiger charge is 2.54. The van der Waals surface area contributed by atoms with Gasteiger partial charge in [-0.25, -0.2) is 0 Å². The topological polar surface area (TPSA) is 132 Å². The molecular formula is C42H70Cl2N2O9. The van der Waals surface area contributed by atoms with Crippen LogP contribution in [0.5, 0.6) is 0 Å². The van der Waals surface area contributed by atoms with Crippen molar-refractivity contribution < 1.29 is 33.5 Å². The van der Waals surface area contributed by atoms with E-state index in [1.807, 2.05) is 0 Å². The second kappa shape index (κ2) is 28.5. The second-order valence-corrected chi connectivity index (χ2v) is 15.7. The molecule has 0 bridgehead atoms. The fourth-order valence-electron chi connectivity index (χ4n) is 7.17. The molecule has 0 aromatic carbocycles. The van der Waals surface area contributed by atoms with Gasteiger partial charge >= 0.3 is 0 Å². The summed E-state index contributed by atoms with van der Waals surface area (Å²) in [5, 5.41) is 24.6. The van der Waals surface area contributed by atoms with Crippen LogP contribution in [0.1, 0.15) is 143 Å². The summed E-state index contributed by atoms with van der Waals surface area (Å²) in [6.45, 7) is 11.3. The molecule has 2 aliphatic rings. The van der Waals surface area contributed by atoms with Gasteiger partial charge in [-0.05, 0) is 50.7 Å². The van der Waals surface area contributed by atoms with Crippen LogP contribution in [0.15, 0.2) is 45.8 Å². The first-order valence-corrected chi connectivity index (χ1v) is 21.9. The van der Waals surface area contributed by atoms with Crippen LogP contribution in [0.2, 0.25) is 0 Å². The molecule has 0 fully saturated rings. The lowest BCUT2D eigenvalue weighted by atomic mass is 9.76. The third-order valence-corrected chi connectivity index (χ3v) is 11.3. The van der Waals surface area contributed by atoms with E-state index in [0.29, 0.717) is 52.5 Å². The molecule has 0 amide bonds. The maximum Gasteiger partial charge on any atom is 0.283 e. The van der Waals surface area contributed by atoms with Gasteiger partial charge in [-0.15, -0.1) is 0 Å². The molecule has 0 N–H and O–H groups in total. The van der Waals surface area contributed by atoms with Gasteiger partial charge in [0.25, 0.3) is 11.4 Å². The molecule has 0 spiro atoms. The zero-order chi connectivity index (χ0) is 40.4. The Labute approximate surface area is 340 Å². The molecule has 0 aliphatic heterocycles. The molecule has 55 heavy (non-hydrogen) atoms. The quantitative estimate of drug-likeness (QED) is 0.0353. The number of unbranched alkanes of at least 4 members (excludes halogenated alkanes) is 12. The van der Waals surface area contributed by atoms with Crippen molar-refractivity contribution in [2.45, 2.75) is 154 Å². The second-order valence-electron chi connectivity index (χ2n) is 14.9. The van der Waals surface area contributed by atoms with Crippen molar-refractivity contribution in [1.29, 1.82) is 0 Å². The standard InChI is InChI=1S/C42H70Cl2N2O9/c1-5-9-13-17-27-51-31-23-35-39(43)37(45(47)48)21-25-41(35,33-53-29-19-15-11-7-3)55-42(34-54-30-20-16-12-8-4)26-22-38(46(49)50)40(44)36(42)24-32-52-28-18-14-10-6-2/h21-22,25-26,35-36H,5-20,23-24,27-34H2,1-4H3. The monoisotopic (exact) mass is 816 g/mol. The Morgan fingerprint density at radius 1 is 0.527 bits per heavy atom. The van der Waals surface area contributed by atoms with E-state index in [0.717, 1.165) is 103 Å². The average Bonchev–Trinajstić information content (AvgIpc) is 3.15. The van der Waals surface area contributed by atoms with Crippen molar-refractivity contribution in [1.82, 2.24) is 0 Å². The van der Waals surface area contributed by atoms with Gasteiger partial charge in [0, 0.05) is 63.6 Å². The van der Waals surface area contributed by atoms with Gasteiger partial charge < -0.3 is 23.7 Å². The lowest BCUT2D eigenvalue weighted by Crippen LogP contribution is -2.57. The summed E-state index contributed by atoms with van der Waals surface area (Å²) in [5.74, 6) is -1.45. The number of nitro groups is 2. The zero-order valence-corrected chi connectivity index (χ0v) is 35.7. The van der Waals surface area contributed by atoms with E-state index in [9.17, 15) is 20.2 Å². The zero-order valence-electron chi connectivity index (χ0n) is 34.2. The number of allylic oxidation sites excluding steroid dienone is 2. The Morgan fingerprint density at radius 2 is 0.855 bits per heavy atom. The summed E-state index contributed by atoms with van der Waals surface area (Å²) in [5.41, 5.74) is -3.07. The number of rotatable bonds is 34. The summed E-state index contributed by atoms with van der Waals surface area (Å²) in [7, 11) is 0. The van der Waals surface area contributed by atoms with E-state index in [-0.39, 0.29) is 34.7 Å². The first-order chi connectivity index (χ1) is 26.6. The lowest BCUT2D eigenvalue weighted by Gasteiger charge is -2.49. The van der Waals surface area contributed by atoms with Gasteiger partial charge in [0.05, 0.1) is 23.1 Å². The highest BCUT2D eigenvalue weighted by molar-refractivity contribution is 6.30. The van der Waals surface area contributed by atoms with Crippen molar-refractivity contribution in [3.05, 3.63) is 66.0 Å². The normalized spacial score (nSPS) is 22.6. The Morgan fingerprint density at radius 3 is 1.16 bits per heavy atom.